The third kappa shape index (κ3) is 3.42. The first kappa shape index (κ1) is 19.6. The molecule has 0 unspecified atom stereocenters. The number of fused-ring (bicyclic) bond motifs is 2. The standard InChI is InChI=1S/C23H29N3O3/c1-25(2)11-12-29-20-14-17(24)13-19-21(20)26(22(27)23(19)9-4-10-23)15-16-5-7-18(28-3)8-6-16/h5-8,13-14H,4,9-12,15,24H2,1-3H3. The number of rotatable bonds is 7. The van der Waals surface area contributed by atoms with Gasteiger partial charge in [-0.15, -0.1) is 0 Å². The molecule has 2 N–H and O–H groups in total. The van der Waals surface area contributed by atoms with Crippen molar-refractivity contribution in [1.82, 2.24) is 4.90 Å². The lowest BCUT2D eigenvalue weighted by atomic mass is 9.65. The molecule has 2 aliphatic rings. The third-order valence-corrected chi connectivity index (χ3v) is 6.04. The number of benzene rings is 2. The molecule has 2 aromatic carbocycles. The molecule has 29 heavy (non-hydrogen) atoms. The van der Waals surface area contributed by atoms with Crippen LogP contribution in [0.15, 0.2) is 36.4 Å². The largest absolute Gasteiger partial charge is 0.497 e. The number of amides is 1. The lowest BCUT2D eigenvalue weighted by molar-refractivity contribution is -0.126. The quantitative estimate of drug-likeness (QED) is 0.730. The Kier molecular flexibility index (Phi) is 5.13. The molecule has 0 atom stereocenters. The predicted molar refractivity (Wildman–Crippen MR) is 115 cm³/mol. The van der Waals surface area contributed by atoms with Gasteiger partial charge < -0.3 is 25.0 Å². The summed E-state index contributed by atoms with van der Waals surface area (Å²) in [6, 6.07) is 11.7. The molecule has 6 heteroatoms. The summed E-state index contributed by atoms with van der Waals surface area (Å²) in [4.78, 5) is 17.5. The molecule has 2 aromatic rings. The molecule has 1 fully saturated rings. The highest BCUT2D eigenvalue weighted by atomic mass is 16.5. The zero-order valence-corrected chi connectivity index (χ0v) is 17.4. The Bertz CT molecular complexity index is 904. The minimum atomic E-state index is -0.434. The van der Waals surface area contributed by atoms with Gasteiger partial charge in [0.1, 0.15) is 18.1 Å². The summed E-state index contributed by atoms with van der Waals surface area (Å²) >= 11 is 0. The maximum atomic E-state index is 13.5. The molecule has 1 heterocycles. The van der Waals surface area contributed by atoms with Crippen LogP contribution < -0.4 is 20.1 Å². The van der Waals surface area contributed by atoms with E-state index < -0.39 is 5.41 Å². The first-order valence-corrected chi connectivity index (χ1v) is 10.1. The molecule has 1 aliphatic heterocycles. The van der Waals surface area contributed by atoms with E-state index in [4.69, 9.17) is 15.2 Å². The number of carbonyl (C=O) groups is 1. The van der Waals surface area contributed by atoms with Crippen molar-refractivity contribution >= 4 is 17.3 Å². The van der Waals surface area contributed by atoms with Crippen molar-refractivity contribution in [2.75, 3.05) is 45.0 Å². The molecule has 1 aliphatic carbocycles. The Hall–Kier alpha value is -2.73. The van der Waals surface area contributed by atoms with Crippen LogP contribution in [0.25, 0.3) is 0 Å². The zero-order chi connectivity index (χ0) is 20.6. The van der Waals surface area contributed by atoms with Crippen LogP contribution in [0, 0.1) is 0 Å². The van der Waals surface area contributed by atoms with Gasteiger partial charge in [-0.2, -0.15) is 0 Å². The van der Waals surface area contributed by atoms with Crippen molar-refractivity contribution in [3.05, 3.63) is 47.5 Å². The van der Waals surface area contributed by atoms with Crippen molar-refractivity contribution in [1.29, 1.82) is 0 Å². The highest BCUT2D eigenvalue weighted by Crippen LogP contribution is 2.57. The van der Waals surface area contributed by atoms with Gasteiger partial charge in [0.25, 0.3) is 0 Å². The van der Waals surface area contributed by atoms with Gasteiger partial charge in [-0.05, 0) is 56.3 Å². The normalized spacial score (nSPS) is 16.8. The molecular formula is C23H29N3O3. The Labute approximate surface area is 172 Å². The van der Waals surface area contributed by atoms with Crippen molar-refractivity contribution < 1.29 is 14.3 Å². The van der Waals surface area contributed by atoms with Gasteiger partial charge in [0.15, 0.2) is 0 Å². The summed E-state index contributed by atoms with van der Waals surface area (Å²) in [7, 11) is 5.67. The second-order valence-electron chi connectivity index (χ2n) is 8.24. The Morgan fingerprint density at radius 3 is 2.48 bits per heavy atom. The van der Waals surface area contributed by atoms with Crippen molar-refractivity contribution in [2.45, 2.75) is 31.2 Å². The number of carbonyl (C=O) groups excluding carboxylic acids is 1. The molecule has 1 saturated carbocycles. The van der Waals surface area contributed by atoms with E-state index in [1.54, 1.807) is 7.11 Å². The number of ether oxygens (including phenoxy) is 2. The molecule has 1 amide bonds. The first-order valence-electron chi connectivity index (χ1n) is 10.1. The van der Waals surface area contributed by atoms with Crippen LogP contribution in [0.1, 0.15) is 30.4 Å². The monoisotopic (exact) mass is 395 g/mol. The van der Waals surface area contributed by atoms with Crippen LogP contribution in [-0.4, -0.2) is 45.2 Å². The van der Waals surface area contributed by atoms with Gasteiger partial charge in [-0.1, -0.05) is 18.6 Å². The average Bonchev–Trinajstić information content (AvgIpc) is 2.90. The summed E-state index contributed by atoms with van der Waals surface area (Å²) in [6.45, 7) is 1.84. The number of methoxy groups -OCH3 is 1. The number of nitrogens with zero attached hydrogens (tertiary/aromatic N) is 2. The minimum absolute atomic E-state index is 0.164. The molecule has 4 rings (SSSR count). The predicted octanol–water partition coefficient (Wildman–Crippen LogP) is 3.19. The summed E-state index contributed by atoms with van der Waals surface area (Å²) in [5.74, 6) is 1.67. The van der Waals surface area contributed by atoms with Crippen LogP contribution in [0.4, 0.5) is 11.4 Å². The molecule has 6 nitrogen and oxygen atoms in total. The SMILES string of the molecule is COc1ccc(CN2C(=O)C3(CCC3)c3cc(N)cc(OCCN(C)C)c32)cc1. The third-order valence-electron chi connectivity index (χ3n) is 6.04. The van der Waals surface area contributed by atoms with E-state index >= 15 is 0 Å². The maximum absolute atomic E-state index is 13.5. The topological polar surface area (TPSA) is 68.0 Å². The fourth-order valence-corrected chi connectivity index (χ4v) is 4.27. The van der Waals surface area contributed by atoms with Gasteiger partial charge in [0.2, 0.25) is 5.91 Å². The average molecular weight is 396 g/mol. The fourth-order valence-electron chi connectivity index (χ4n) is 4.27. The maximum Gasteiger partial charge on any atom is 0.238 e. The van der Waals surface area contributed by atoms with Gasteiger partial charge in [0.05, 0.1) is 24.8 Å². The highest BCUT2D eigenvalue weighted by Gasteiger charge is 2.55. The number of likely N-dealkylation sites (N-methyl/N-ethyl adjacent to an activating group) is 1. The van der Waals surface area contributed by atoms with E-state index in [0.717, 1.165) is 48.4 Å². The number of hydrogen-bond acceptors (Lipinski definition) is 5. The fraction of sp³-hybridized carbons (Fsp3) is 0.435. The highest BCUT2D eigenvalue weighted by molar-refractivity contribution is 6.10. The molecule has 0 saturated heterocycles. The minimum Gasteiger partial charge on any atom is -0.497 e. The van der Waals surface area contributed by atoms with E-state index in [2.05, 4.69) is 4.90 Å². The Morgan fingerprint density at radius 2 is 1.90 bits per heavy atom. The van der Waals surface area contributed by atoms with Crippen LogP contribution in [0.5, 0.6) is 11.5 Å². The van der Waals surface area contributed by atoms with Crippen molar-refractivity contribution in [3.8, 4) is 11.5 Å². The van der Waals surface area contributed by atoms with E-state index in [1.807, 2.05) is 55.4 Å². The Balaban J connectivity index is 1.71. The van der Waals surface area contributed by atoms with E-state index in [1.165, 1.54) is 0 Å². The summed E-state index contributed by atoms with van der Waals surface area (Å²) < 4.78 is 11.4. The van der Waals surface area contributed by atoms with Crippen molar-refractivity contribution in [2.24, 2.45) is 0 Å². The van der Waals surface area contributed by atoms with Crippen LogP contribution in [0.2, 0.25) is 0 Å². The van der Waals surface area contributed by atoms with Gasteiger partial charge in [-0.3, -0.25) is 4.79 Å². The summed E-state index contributed by atoms with van der Waals surface area (Å²) in [5, 5.41) is 0. The molecule has 1 spiro atoms. The molecular weight excluding hydrogens is 366 g/mol. The second-order valence-corrected chi connectivity index (χ2v) is 8.24. The molecule has 154 valence electrons. The number of anilines is 2. The smallest absolute Gasteiger partial charge is 0.238 e. The van der Waals surface area contributed by atoms with Crippen LogP contribution in [0.3, 0.4) is 0 Å². The van der Waals surface area contributed by atoms with Gasteiger partial charge >= 0.3 is 0 Å². The number of hydrogen-bond donors (Lipinski definition) is 1. The second kappa shape index (κ2) is 7.59. The molecule has 0 bridgehead atoms. The number of nitrogens with two attached hydrogens (primary N) is 1. The number of nitrogen functional groups attached to an aromatic ring is 1. The van der Waals surface area contributed by atoms with Crippen LogP contribution in [-0.2, 0) is 16.8 Å². The Morgan fingerprint density at radius 1 is 1.17 bits per heavy atom. The molecule has 0 aromatic heterocycles. The first-order chi connectivity index (χ1) is 13.9. The van der Waals surface area contributed by atoms with Crippen LogP contribution >= 0.6 is 0 Å². The zero-order valence-electron chi connectivity index (χ0n) is 17.4. The van der Waals surface area contributed by atoms with E-state index in [9.17, 15) is 4.79 Å². The van der Waals surface area contributed by atoms with Gasteiger partial charge in [-0.25, -0.2) is 0 Å². The summed E-state index contributed by atoms with van der Waals surface area (Å²) in [5.41, 5.74) is 9.39. The van der Waals surface area contributed by atoms with Crippen molar-refractivity contribution in [3.63, 3.8) is 0 Å². The molecule has 0 radical (unpaired) electrons. The lowest BCUT2D eigenvalue weighted by Gasteiger charge is -2.37. The van der Waals surface area contributed by atoms with Gasteiger partial charge in [0, 0.05) is 18.3 Å². The van der Waals surface area contributed by atoms with E-state index in [-0.39, 0.29) is 5.91 Å². The van der Waals surface area contributed by atoms with E-state index in [0.29, 0.717) is 24.6 Å². The summed E-state index contributed by atoms with van der Waals surface area (Å²) in [6.07, 6.45) is 2.81. The lowest BCUT2D eigenvalue weighted by Crippen LogP contribution is -2.44.